The van der Waals surface area contributed by atoms with E-state index in [-0.39, 0.29) is 11.5 Å². The Hall–Kier alpha value is -2.56. The normalized spacial score (nSPS) is 14.6. The minimum Gasteiger partial charge on any atom is -0.410 e. The third kappa shape index (κ3) is 5.03. The van der Waals surface area contributed by atoms with Gasteiger partial charge in [-0.05, 0) is 41.8 Å². The Kier molecular flexibility index (Phi) is 6.55. The fourth-order valence-corrected chi connectivity index (χ4v) is 3.78. The molecule has 1 aliphatic rings. The fourth-order valence-electron chi connectivity index (χ4n) is 3.78. The molecule has 0 fully saturated rings. The van der Waals surface area contributed by atoms with Crippen molar-refractivity contribution in [2.75, 3.05) is 18.0 Å². The van der Waals surface area contributed by atoms with Gasteiger partial charge in [0.15, 0.2) is 0 Å². The van der Waals surface area contributed by atoms with Crippen LogP contribution in [-0.2, 0) is 12.0 Å². The molecule has 0 spiro atoms. The number of nitrogens with zero attached hydrogens (tertiary/aromatic N) is 2. The highest BCUT2D eigenvalue weighted by atomic mass is 16.6. The van der Waals surface area contributed by atoms with Crippen LogP contribution in [0, 0.1) is 0 Å². The van der Waals surface area contributed by atoms with Crippen LogP contribution in [-0.4, -0.2) is 24.2 Å². The lowest BCUT2D eigenvalue weighted by atomic mass is 9.87. The van der Waals surface area contributed by atoms with E-state index in [0.29, 0.717) is 12.3 Å². The summed E-state index contributed by atoms with van der Waals surface area (Å²) in [5, 5.41) is 2.84. The van der Waals surface area contributed by atoms with E-state index in [1.54, 1.807) is 6.20 Å². The van der Waals surface area contributed by atoms with E-state index in [0.717, 1.165) is 25.9 Å². The van der Waals surface area contributed by atoms with E-state index >= 15 is 0 Å². The van der Waals surface area contributed by atoms with Crippen LogP contribution in [0.5, 0.6) is 5.75 Å². The molecule has 5 heteroatoms. The molecule has 2 aromatic rings. The molecule has 0 aliphatic carbocycles. The first-order valence-electron chi connectivity index (χ1n) is 10.2. The number of ether oxygens (including phenoxy) is 1. The van der Waals surface area contributed by atoms with Gasteiger partial charge in [-0.1, -0.05) is 46.1 Å². The highest BCUT2D eigenvalue weighted by molar-refractivity contribution is 5.72. The van der Waals surface area contributed by atoms with Gasteiger partial charge < -0.3 is 15.0 Å². The number of amides is 1. The van der Waals surface area contributed by atoms with Crippen LogP contribution in [0.3, 0.4) is 0 Å². The highest BCUT2D eigenvalue weighted by Gasteiger charge is 2.35. The van der Waals surface area contributed by atoms with E-state index < -0.39 is 0 Å². The van der Waals surface area contributed by atoms with E-state index in [1.165, 1.54) is 29.7 Å². The van der Waals surface area contributed by atoms with Crippen molar-refractivity contribution >= 4 is 11.8 Å². The molecule has 1 aromatic heterocycles. The number of anilines is 1. The molecule has 0 bridgehead atoms. The maximum Gasteiger partial charge on any atom is 0.412 e. The van der Waals surface area contributed by atoms with Crippen molar-refractivity contribution in [3.05, 3.63) is 53.9 Å². The number of pyridine rings is 1. The molecule has 3 rings (SSSR count). The zero-order valence-corrected chi connectivity index (χ0v) is 17.2. The molecular weight excluding hydrogens is 350 g/mol. The molecule has 5 nitrogen and oxygen atoms in total. The Bertz CT molecular complexity index is 790. The van der Waals surface area contributed by atoms with Gasteiger partial charge in [0.05, 0.1) is 0 Å². The van der Waals surface area contributed by atoms with Gasteiger partial charge in [-0.25, -0.2) is 4.79 Å². The molecule has 150 valence electrons. The summed E-state index contributed by atoms with van der Waals surface area (Å²) in [5.74, 6) is 0.598. The first-order valence-corrected chi connectivity index (χ1v) is 10.2. The Balaban J connectivity index is 1.64. The van der Waals surface area contributed by atoms with Gasteiger partial charge in [0.2, 0.25) is 0 Å². The first-order chi connectivity index (χ1) is 13.5. The highest BCUT2D eigenvalue weighted by Crippen LogP contribution is 2.42. The van der Waals surface area contributed by atoms with Crippen LogP contribution in [0.4, 0.5) is 10.5 Å². The lowest BCUT2D eigenvalue weighted by molar-refractivity contribution is 0.200. The number of hydrogen-bond acceptors (Lipinski definition) is 4. The maximum absolute atomic E-state index is 12.1. The molecule has 0 radical (unpaired) electrons. The summed E-state index contributed by atoms with van der Waals surface area (Å²) in [5.41, 5.74) is 3.59. The largest absolute Gasteiger partial charge is 0.412 e. The number of benzene rings is 1. The number of nitrogens with one attached hydrogen (secondary N) is 1. The van der Waals surface area contributed by atoms with Crippen molar-refractivity contribution in [2.24, 2.45) is 0 Å². The van der Waals surface area contributed by atoms with Crippen molar-refractivity contribution in [1.29, 1.82) is 0 Å². The van der Waals surface area contributed by atoms with Gasteiger partial charge in [-0.3, -0.25) is 4.98 Å². The topological polar surface area (TPSA) is 54.5 Å². The average Bonchev–Trinajstić information content (AvgIpc) is 2.92. The summed E-state index contributed by atoms with van der Waals surface area (Å²) in [7, 11) is 0. The minimum absolute atomic E-state index is 0.00641. The SMILES string of the molecule is CCCCCCNC(=O)Oc1ccc2c(c1)C(C)(C)CN2Cc1cccnc1. The molecule has 2 heterocycles. The molecule has 0 saturated carbocycles. The van der Waals surface area contributed by atoms with Gasteiger partial charge in [0.1, 0.15) is 5.75 Å². The third-order valence-electron chi connectivity index (χ3n) is 5.23. The summed E-state index contributed by atoms with van der Waals surface area (Å²) < 4.78 is 5.51. The number of carbonyl (C=O) groups is 1. The second kappa shape index (κ2) is 9.09. The van der Waals surface area contributed by atoms with Crippen LogP contribution in [0.15, 0.2) is 42.7 Å². The minimum atomic E-state index is -0.375. The van der Waals surface area contributed by atoms with Crippen LogP contribution >= 0.6 is 0 Å². The second-order valence-corrected chi connectivity index (χ2v) is 8.16. The fraction of sp³-hybridized carbons (Fsp3) is 0.478. The lowest BCUT2D eigenvalue weighted by Gasteiger charge is -2.22. The van der Waals surface area contributed by atoms with Crippen molar-refractivity contribution < 1.29 is 9.53 Å². The van der Waals surface area contributed by atoms with Gasteiger partial charge in [0.25, 0.3) is 0 Å². The summed E-state index contributed by atoms with van der Waals surface area (Å²) >= 11 is 0. The number of fused-ring (bicyclic) bond motifs is 1. The van der Waals surface area contributed by atoms with Crippen molar-refractivity contribution in [2.45, 2.75) is 58.4 Å². The van der Waals surface area contributed by atoms with Gasteiger partial charge in [0, 0.05) is 43.1 Å². The predicted molar refractivity (Wildman–Crippen MR) is 113 cm³/mol. The Morgan fingerprint density at radius 2 is 2.11 bits per heavy atom. The van der Waals surface area contributed by atoms with E-state index in [4.69, 9.17) is 4.74 Å². The molecule has 0 atom stereocenters. The molecular formula is C23H31N3O2. The Morgan fingerprint density at radius 3 is 2.86 bits per heavy atom. The number of aromatic nitrogens is 1. The number of rotatable bonds is 8. The van der Waals surface area contributed by atoms with Crippen LogP contribution < -0.4 is 15.0 Å². The average molecular weight is 382 g/mol. The van der Waals surface area contributed by atoms with Crippen molar-refractivity contribution in [1.82, 2.24) is 10.3 Å². The third-order valence-corrected chi connectivity index (χ3v) is 5.23. The second-order valence-electron chi connectivity index (χ2n) is 8.16. The Labute approximate surface area is 168 Å². The smallest absolute Gasteiger partial charge is 0.410 e. The van der Waals surface area contributed by atoms with E-state index in [1.807, 2.05) is 24.4 Å². The zero-order chi connectivity index (χ0) is 20.0. The van der Waals surface area contributed by atoms with Crippen molar-refractivity contribution in [3.63, 3.8) is 0 Å². The zero-order valence-electron chi connectivity index (χ0n) is 17.2. The number of carbonyl (C=O) groups excluding carboxylic acids is 1. The number of unbranched alkanes of at least 4 members (excludes halogenated alkanes) is 3. The molecule has 1 N–H and O–H groups in total. The van der Waals surface area contributed by atoms with Crippen molar-refractivity contribution in [3.8, 4) is 5.75 Å². The van der Waals surface area contributed by atoms with Crippen LogP contribution in [0.25, 0.3) is 0 Å². The quantitative estimate of drug-likeness (QED) is 0.650. The summed E-state index contributed by atoms with van der Waals surface area (Å²) in [6.45, 7) is 9.04. The van der Waals surface area contributed by atoms with Gasteiger partial charge >= 0.3 is 6.09 Å². The molecule has 1 amide bonds. The van der Waals surface area contributed by atoms with Gasteiger partial charge in [-0.15, -0.1) is 0 Å². The molecule has 1 aromatic carbocycles. The monoisotopic (exact) mass is 381 g/mol. The summed E-state index contributed by atoms with van der Waals surface area (Å²) in [4.78, 5) is 18.6. The number of hydrogen-bond donors (Lipinski definition) is 1. The molecule has 1 aliphatic heterocycles. The van der Waals surface area contributed by atoms with Gasteiger partial charge in [-0.2, -0.15) is 0 Å². The predicted octanol–water partition coefficient (Wildman–Crippen LogP) is 5.05. The standard InChI is InChI=1S/C23H31N3O2/c1-4-5-6-7-13-25-22(27)28-19-10-11-21-20(14-19)23(2,3)17-26(21)16-18-9-8-12-24-15-18/h8-12,14-15H,4-7,13,16-17H2,1-3H3,(H,25,27). The molecule has 28 heavy (non-hydrogen) atoms. The van der Waals surface area contributed by atoms with E-state index in [9.17, 15) is 4.79 Å². The summed E-state index contributed by atoms with van der Waals surface area (Å²) in [6.07, 6.45) is 7.84. The molecule has 0 saturated heterocycles. The lowest BCUT2D eigenvalue weighted by Crippen LogP contribution is -2.28. The van der Waals surface area contributed by atoms with E-state index in [2.05, 4.69) is 48.1 Å². The molecule has 0 unspecified atom stereocenters. The Morgan fingerprint density at radius 1 is 1.25 bits per heavy atom. The summed E-state index contributed by atoms with van der Waals surface area (Å²) in [6, 6.07) is 10.0. The first kappa shape index (κ1) is 20.2. The van der Waals surface area contributed by atoms with Crippen LogP contribution in [0.1, 0.15) is 57.6 Å². The maximum atomic E-state index is 12.1. The van der Waals surface area contributed by atoms with Crippen LogP contribution in [0.2, 0.25) is 0 Å².